The Balaban J connectivity index is 1.57. The lowest BCUT2D eigenvalue weighted by molar-refractivity contribution is 0.364. The molecule has 6 heteroatoms. The second kappa shape index (κ2) is 8.59. The first-order valence-electron chi connectivity index (χ1n) is 9.12. The Morgan fingerprint density at radius 3 is 2.48 bits per heavy atom. The van der Waals surface area contributed by atoms with Crippen LogP contribution in [-0.4, -0.2) is 27.5 Å². The van der Waals surface area contributed by atoms with E-state index in [0.29, 0.717) is 12.4 Å². The zero-order chi connectivity index (χ0) is 19.3. The van der Waals surface area contributed by atoms with Crippen molar-refractivity contribution in [2.75, 3.05) is 18.4 Å². The third-order valence-corrected chi connectivity index (χ3v) is 6.85. The van der Waals surface area contributed by atoms with E-state index >= 15 is 0 Å². The van der Waals surface area contributed by atoms with E-state index < -0.39 is 9.71 Å². The average molecular weight is 388 g/mol. The van der Waals surface area contributed by atoms with Crippen molar-refractivity contribution in [2.24, 2.45) is 0 Å². The molecule has 1 saturated heterocycles. The van der Waals surface area contributed by atoms with Crippen LogP contribution < -0.4 is 10.6 Å². The third-order valence-electron chi connectivity index (χ3n) is 4.64. The van der Waals surface area contributed by atoms with Crippen LogP contribution in [0.5, 0.6) is 0 Å². The molecule has 0 saturated carbocycles. The number of hydrogen-bond acceptors (Lipinski definition) is 3. The third kappa shape index (κ3) is 5.11. The lowest BCUT2D eigenvalue weighted by Crippen LogP contribution is -2.35. The Bertz CT molecular complexity index is 888. The molecule has 0 aliphatic carbocycles. The highest BCUT2D eigenvalue weighted by atomic mass is 32.2. The first-order valence-corrected chi connectivity index (χ1v) is 10.8. The first kappa shape index (κ1) is 19.5. The fraction of sp³-hybridized carbons (Fsp3) is 0.286. The number of rotatable bonds is 7. The van der Waals surface area contributed by atoms with E-state index in [4.69, 9.17) is 0 Å². The molecule has 1 unspecified atom stereocenters. The second-order valence-electron chi connectivity index (χ2n) is 6.74. The molecule has 0 aromatic heterocycles. The van der Waals surface area contributed by atoms with Gasteiger partial charge in [-0.2, -0.15) is 0 Å². The van der Waals surface area contributed by atoms with Crippen LogP contribution in [0.1, 0.15) is 24.8 Å². The van der Waals surface area contributed by atoms with Crippen molar-refractivity contribution in [3.05, 3.63) is 72.3 Å². The summed E-state index contributed by atoms with van der Waals surface area (Å²) >= 11 is 0. The van der Waals surface area contributed by atoms with E-state index in [-0.39, 0.29) is 5.82 Å². The summed E-state index contributed by atoms with van der Waals surface area (Å²) in [6, 6.07) is 13.9. The summed E-state index contributed by atoms with van der Waals surface area (Å²) in [4.78, 5) is 0.744. The van der Waals surface area contributed by atoms with Crippen LogP contribution >= 0.6 is 0 Å². The molecule has 0 bridgehead atoms. The minimum absolute atomic E-state index is 0.256. The molecule has 0 radical (unpaired) electrons. The lowest BCUT2D eigenvalue weighted by atomic mass is 10.2. The predicted octanol–water partition coefficient (Wildman–Crippen LogP) is 3.97. The number of nitrogens with zero attached hydrogens (tertiary/aromatic N) is 1. The molecular weight excluding hydrogens is 361 g/mol. The molecule has 27 heavy (non-hydrogen) atoms. The van der Waals surface area contributed by atoms with Crippen molar-refractivity contribution < 1.29 is 8.60 Å². The van der Waals surface area contributed by atoms with Gasteiger partial charge in [-0.15, -0.1) is 0 Å². The Hall–Kier alpha value is -2.31. The molecule has 2 aromatic carbocycles. The number of nitrogens with one attached hydrogen (secondary N) is 2. The molecule has 0 spiro atoms. The largest absolute Gasteiger partial charge is 0.368 e. The molecule has 1 aliphatic rings. The molecule has 0 amide bonds. The molecule has 1 fully saturated rings. The number of halogens is 1. The Kier molecular flexibility index (Phi) is 6.19. The van der Waals surface area contributed by atoms with Gasteiger partial charge < -0.3 is 10.6 Å². The van der Waals surface area contributed by atoms with Crippen LogP contribution in [0.2, 0.25) is 0 Å². The van der Waals surface area contributed by atoms with Crippen LogP contribution in [0.25, 0.3) is 0 Å². The van der Waals surface area contributed by atoms with E-state index in [1.54, 1.807) is 6.07 Å². The Labute approximate surface area is 161 Å². The number of anilines is 1. The Morgan fingerprint density at radius 2 is 1.81 bits per heavy atom. The lowest BCUT2D eigenvalue weighted by Gasteiger charge is -2.29. The standard InChI is InChI=1S/C21H26FN3OS/c1-17(23-16-18-7-6-8-19(22)15-18)24-20-9-11-21(12-10-20)27(2,26)25-13-4-3-5-14-25/h6-12,15,23-24H,1-5,13-14,16H2. The molecule has 1 heterocycles. The first-order chi connectivity index (χ1) is 12.9. The summed E-state index contributed by atoms with van der Waals surface area (Å²) in [6.07, 6.45) is 3.34. The Morgan fingerprint density at radius 1 is 1.11 bits per heavy atom. The zero-order valence-corrected chi connectivity index (χ0v) is 16.2. The van der Waals surface area contributed by atoms with Gasteiger partial charge >= 0.3 is 0 Å². The second-order valence-corrected chi connectivity index (χ2v) is 9.01. The smallest absolute Gasteiger partial charge is 0.123 e. The van der Waals surface area contributed by atoms with Crippen molar-refractivity contribution in [2.45, 2.75) is 30.7 Å². The van der Waals surface area contributed by atoms with Gasteiger partial charge in [-0.3, -0.25) is 0 Å². The molecule has 2 N–H and O–H groups in total. The van der Waals surface area contributed by atoms with E-state index in [2.05, 4.69) is 23.1 Å². The topological polar surface area (TPSA) is 44.4 Å². The number of piperidine rings is 1. The van der Waals surface area contributed by atoms with E-state index in [1.807, 2.05) is 34.6 Å². The molecule has 4 nitrogen and oxygen atoms in total. The fourth-order valence-corrected chi connectivity index (χ4v) is 4.84. The van der Waals surface area contributed by atoms with E-state index in [9.17, 15) is 8.60 Å². The van der Waals surface area contributed by atoms with Gasteiger partial charge in [0.25, 0.3) is 0 Å². The molecule has 1 aliphatic heterocycles. The summed E-state index contributed by atoms with van der Waals surface area (Å²) in [5, 5.41) is 6.28. The minimum atomic E-state index is -2.43. The minimum Gasteiger partial charge on any atom is -0.368 e. The van der Waals surface area contributed by atoms with Gasteiger partial charge in [0.2, 0.25) is 0 Å². The predicted molar refractivity (Wildman–Crippen MR) is 111 cm³/mol. The van der Waals surface area contributed by atoms with Gasteiger partial charge in [0.1, 0.15) is 5.82 Å². The van der Waals surface area contributed by atoms with Gasteiger partial charge in [0, 0.05) is 30.2 Å². The summed E-state index contributed by atoms with van der Waals surface area (Å²) in [5.41, 5.74) is 1.68. The fourth-order valence-electron chi connectivity index (χ4n) is 3.13. The van der Waals surface area contributed by atoms with Crippen molar-refractivity contribution in [3.63, 3.8) is 0 Å². The highest BCUT2D eigenvalue weighted by Gasteiger charge is 2.20. The molecule has 144 valence electrons. The summed E-state index contributed by atoms with van der Waals surface area (Å²) in [7, 11) is -2.43. The average Bonchev–Trinajstić information content (AvgIpc) is 2.68. The summed E-state index contributed by atoms with van der Waals surface area (Å²) < 4.78 is 28.3. The molecule has 2 aromatic rings. The molecule has 3 rings (SSSR count). The van der Waals surface area contributed by atoms with Crippen molar-refractivity contribution >= 4 is 21.3 Å². The van der Waals surface area contributed by atoms with Crippen LogP contribution in [0.15, 0.2) is 65.8 Å². The van der Waals surface area contributed by atoms with E-state index in [1.165, 1.54) is 18.6 Å². The van der Waals surface area contributed by atoms with Gasteiger partial charge in [0.15, 0.2) is 0 Å². The van der Waals surface area contributed by atoms with Crippen LogP contribution in [0.3, 0.4) is 0 Å². The van der Waals surface area contributed by atoms with Crippen LogP contribution in [-0.2, 0) is 16.3 Å². The van der Waals surface area contributed by atoms with Gasteiger partial charge in [0.05, 0.1) is 15.5 Å². The molecule has 1 atom stereocenters. The maximum atomic E-state index is 13.2. The van der Waals surface area contributed by atoms with Crippen molar-refractivity contribution in [1.82, 2.24) is 9.62 Å². The van der Waals surface area contributed by atoms with E-state index in [0.717, 1.165) is 42.1 Å². The van der Waals surface area contributed by atoms with Crippen LogP contribution in [0.4, 0.5) is 10.1 Å². The van der Waals surface area contributed by atoms with Crippen LogP contribution in [0, 0.1) is 5.82 Å². The highest BCUT2D eigenvalue weighted by molar-refractivity contribution is 7.98. The monoisotopic (exact) mass is 387 g/mol. The maximum absolute atomic E-state index is 13.2. The number of hydrogen-bond donors (Lipinski definition) is 2. The normalized spacial score (nSPS) is 17.1. The van der Waals surface area contributed by atoms with Gasteiger partial charge in [-0.05, 0) is 60.7 Å². The SMILES string of the molecule is C=C(NCc1cccc(F)c1)Nc1ccc(S(=C)(=O)N2CCCCC2)cc1. The summed E-state index contributed by atoms with van der Waals surface area (Å²) in [5.74, 6) is 4.35. The molecular formula is C21H26FN3OS. The maximum Gasteiger partial charge on any atom is 0.123 e. The van der Waals surface area contributed by atoms with Crippen molar-refractivity contribution in [1.29, 1.82) is 0 Å². The van der Waals surface area contributed by atoms with Crippen molar-refractivity contribution in [3.8, 4) is 0 Å². The number of benzene rings is 2. The quantitative estimate of drug-likeness (QED) is 0.707. The zero-order valence-electron chi connectivity index (χ0n) is 15.4. The highest BCUT2D eigenvalue weighted by Crippen LogP contribution is 2.22. The van der Waals surface area contributed by atoms with Gasteiger partial charge in [-0.25, -0.2) is 12.9 Å². The summed E-state index contributed by atoms with van der Waals surface area (Å²) in [6.45, 7) is 6.09. The van der Waals surface area contributed by atoms with Gasteiger partial charge in [-0.1, -0.05) is 25.1 Å².